The minimum absolute atomic E-state index is 0.00497. The van der Waals surface area contributed by atoms with Crippen molar-refractivity contribution >= 4 is 17.2 Å². The summed E-state index contributed by atoms with van der Waals surface area (Å²) in [5.74, 6) is 0.660. The molecule has 0 heterocycles. The van der Waals surface area contributed by atoms with Crippen LogP contribution in [0.5, 0.6) is 5.75 Å². The molecule has 1 atom stereocenters. The van der Waals surface area contributed by atoms with Crippen molar-refractivity contribution in [2.45, 2.75) is 5.60 Å². The van der Waals surface area contributed by atoms with Gasteiger partial charge in [-0.1, -0.05) is 60.7 Å². The molecule has 0 radical (unpaired) electrons. The Morgan fingerprint density at radius 3 is 2.11 bits per heavy atom. The fraction of sp³-hybridized carbons (Fsp3) is 0.133. The molecule has 0 fully saturated rings. The lowest BCUT2D eigenvalue weighted by molar-refractivity contribution is 0.0541. The summed E-state index contributed by atoms with van der Waals surface area (Å²) < 4.78 is 5.57. The van der Waals surface area contributed by atoms with Gasteiger partial charge in [0, 0.05) is 0 Å². The zero-order chi connectivity index (χ0) is 13.7. The summed E-state index contributed by atoms with van der Waals surface area (Å²) >= 11 is 4.98. The molecule has 4 heteroatoms. The fourth-order valence-electron chi connectivity index (χ4n) is 1.72. The molecule has 1 unspecified atom stereocenters. The van der Waals surface area contributed by atoms with Crippen LogP contribution in [-0.2, 0) is 5.60 Å². The quantitative estimate of drug-likeness (QED) is 0.820. The van der Waals surface area contributed by atoms with Gasteiger partial charge in [0.25, 0.3) is 0 Å². The van der Waals surface area contributed by atoms with Crippen LogP contribution in [0.25, 0.3) is 0 Å². The van der Waals surface area contributed by atoms with E-state index in [1.165, 1.54) is 0 Å². The van der Waals surface area contributed by atoms with E-state index in [1.807, 2.05) is 48.5 Å². The number of para-hydroxylation sites is 1. The van der Waals surface area contributed by atoms with Crippen LogP contribution < -0.4 is 10.5 Å². The number of nitrogens with two attached hydrogens (primary N) is 1. The van der Waals surface area contributed by atoms with E-state index in [-0.39, 0.29) is 11.6 Å². The maximum atomic E-state index is 10.6. The number of hydrogen-bond donors (Lipinski definition) is 2. The summed E-state index contributed by atoms with van der Waals surface area (Å²) in [6, 6.07) is 18.3. The highest BCUT2D eigenvalue weighted by atomic mass is 32.1. The Morgan fingerprint density at radius 1 is 1.05 bits per heavy atom. The predicted octanol–water partition coefficient (Wildman–Crippen LogP) is 2.24. The molecule has 0 aliphatic rings. The van der Waals surface area contributed by atoms with E-state index in [0.29, 0.717) is 11.3 Å². The Bertz CT molecular complexity index is 545. The second kappa shape index (κ2) is 5.82. The topological polar surface area (TPSA) is 55.5 Å². The van der Waals surface area contributed by atoms with E-state index in [0.717, 1.165) is 0 Å². The van der Waals surface area contributed by atoms with Crippen LogP contribution >= 0.6 is 12.2 Å². The molecule has 0 aliphatic carbocycles. The van der Waals surface area contributed by atoms with Gasteiger partial charge < -0.3 is 15.6 Å². The van der Waals surface area contributed by atoms with Gasteiger partial charge in [-0.05, 0) is 17.7 Å². The largest absolute Gasteiger partial charge is 0.490 e. The normalized spacial score (nSPS) is 13.5. The molecule has 0 aromatic heterocycles. The van der Waals surface area contributed by atoms with E-state index < -0.39 is 5.60 Å². The second-order valence-electron chi connectivity index (χ2n) is 4.19. The van der Waals surface area contributed by atoms with Crippen molar-refractivity contribution in [1.82, 2.24) is 0 Å². The Kier molecular flexibility index (Phi) is 4.14. The van der Waals surface area contributed by atoms with Crippen molar-refractivity contribution in [3.05, 3.63) is 66.2 Å². The van der Waals surface area contributed by atoms with Crippen LogP contribution in [0, 0.1) is 0 Å². The first-order valence-electron chi connectivity index (χ1n) is 5.88. The zero-order valence-electron chi connectivity index (χ0n) is 10.3. The van der Waals surface area contributed by atoms with Gasteiger partial charge in [-0.15, -0.1) is 0 Å². The highest BCUT2D eigenvalue weighted by Gasteiger charge is 2.33. The van der Waals surface area contributed by atoms with Crippen LogP contribution in [0.4, 0.5) is 0 Å². The molecular formula is C15H15NO2S. The lowest BCUT2D eigenvalue weighted by atomic mass is 9.95. The molecule has 2 rings (SSSR count). The Balaban J connectivity index is 2.19. The van der Waals surface area contributed by atoms with Gasteiger partial charge >= 0.3 is 0 Å². The number of aliphatic hydroxyl groups is 1. The molecule has 0 spiro atoms. The van der Waals surface area contributed by atoms with Crippen molar-refractivity contribution in [1.29, 1.82) is 0 Å². The van der Waals surface area contributed by atoms with Crippen molar-refractivity contribution < 1.29 is 9.84 Å². The van der Waals surface area contributed by atoms with E-state index in [2.05, 4.69) is 0 Å². The molecule has 0 saturated heterocycles. The minimum Gasteiger partial charge on any atom is -0.490 e. The molecule has 0 saturated carbocycles. The summed E-state index contributed by atoms with van der Waals surface area (Å²) in [7, 11) is 0. The third-order valence-corrected chi connectivity index (χ3v) is 3.19. The molecule has 0 bridgehead atoms. The molecule has 3 nitrogen and oxygen atoms in total. The van der Waals surface area contributed by atoms with E-state index in [4.69, 9.17) is 22.7 Å². The number of rotatable bonds is 5. The summed E-state index contributed by atoms with van der Waals surface area (Å²) in [5, 5.41) is 10.6. The summed E-state index contributed by atoms with van der Waals surface area (Å²) in [4.78, 5) is -0.00497. The molecule has 19 heavy (non-hydrogen) atoms. The number of ether oxygens (including phenoxy) is 1. The first kappa shape index (κ1) is 13.5. The van der Waals surface area contributed by atoms with Crippen LogP contribution in [0.2, 0.25) is 0 Å². The van der Waals surface area contributed by atoms with Crippen LogP contribution in [0.15, 0.2) is 60.7 Å². The molecular weight excluding hydrogens is 258 g/mol. The summed E-state index contributed by atoms with van der Waals surface area (Å²) in [5.41, 5.74) is 4.83. The van der Waals surface area contributed by atoms with Crippen molar-refractivity contribution in [2.75, 3.05) is 6.61 Å². The van der Waals surface area contributed by atoms with E-state index >= 15 is 0 Å². The molecule has 2 aromatic rings. The first-order valence-corrected chi connectivity index (χ1v) is 6.29. The van der Waals surface area contributed by atoms with Crippen molar-refractivity contribution in [3.8, 4) is 5.75 Å². The highest BCUT2D eigenvalue weighted by Crippen LogP contribution is 2.23. The number of thiocarbonyl (C=S) groups is 1. The Hall–Kier alpha value is -1.91. The molecule has 3 N–H and O–H groups in total. The van der Waals surface area contributed by atoms with E-state index in [9.17, 15) is 5.11 Å². The number of hydrogen-bond acceptors (Lipinski definition) is 3. The van der Waals surface area contributed by atoms with Gasteiger partial charge in [0.15, 0.2) is 5.60 Å². The second-order valence-corrected chi connectivity index (χ2v) is 4.63. The average molecular weight is 273 g/mol. The standard InChI is InChI=1S/C15H15NO2S/c16-14(19)15(17,12-7-3-1-4-8-12)11-18-13-9-5-2-6-10-13/h1-10,17H,11H2,(H2,16,19). The summed E-state index contributed by atoms with van der Waals surface area (Å²) in [6.07, 6.45) is 0. The summed E-state index contributed by atoms with van der Waals surface area (Å²) in [6.45, 7) is -0.0175. The predicted molar refractivity (Wildman–Crippen MR) is 79.1 cm³/mol. The van der Waals surface area contributed by atoms with Gasteiger partial charge in [-0.2, -0.15) is 0 Å². The van der Waals surface area contributed by atoms with Gasteiger partial charge in [0.1, 0.15) is 17.3 Å². The van der Waals surface area contributed by atoms with Gasteiger partial charge in [-0.3, -0.25) is 0 Å². The van der Waals surface area contributed by atoms with Crippen LogP contribution in [-0.4, -0.2) is 16.7 Å². The Labute approximate surface area is 117 Å². The monoisotopic (exact) mass is 273 g/mol. The maximum Gasteiger partial charge on any atom is 0.173 e. The smallest absolute Gasteiger partial charge is 0.173 e. The maximum absolute atomic E-state index is 10.6. The Morgan fingerprint density at radius 2 is 1.58 bits per heavy atom. The number of benzene rings is 2. The van der Waals surface area contributed by atoms with Crippen LogP contribution in [0.3, 0.4) is 0 Å². The van der Waals surface area contributed by atoms with Crippen molar-refractivity contribution in [3.63, 3.8) is 0 Å². The van der Waals surface area contributed by atoms with E-state index in [1.54, 1.807) is 12.1 Å². The average Bonchev–Trinajstić information content (AvgIpc) is 2.46. The van der Waals surface area contributed by atoms with Crippen LogP contribution in [0.1, 0.15) is 5.56 Å². The molecule has 0 aliphatic heterocycles. The third kappa shape index (κ3) is 3.10. The zero-order valence-corrected chi connectivity index (χ0v) is 11.1. The molecule has 0 amide bonds. The van der Waals surface area contributed by atoms with Gasteiger partial charge in [-0.25, -0.2) is 0 Å². The first-order chi connectivity index (χ1) is 9.13. The lowest BCUT2D eigenvalue weighted by Crippen LogP contribution is -2.44. The SMILES string of the molecule is NC(=S)C(O)(COc1ccccc1)c1ccccc1. The highest BCUT2D eigenvalue weighted by molar-refractivity contribution is 7.80. The van der Waals surface area contributed by atoms with Gasteiger partial charge in [0.05, 0.1) is 0 Å². The third-order valence-electron chi connectivity index (χ3n) is 2.85. The van der Waals surface area contributed by atoms with Crippen molar-refractivity contribution in [2.24, 2.45) is 5.73 Å². The van der Waals surface area contributed by atoms with Gasteiger partial charge in [0.2, 0.25) is 0 Å². The molecule has 2 aromatic carbocycles. The minimum atomic E-state index is -1.47. The molecule has 98 valence electrons. The lowest BCUT2D eigenvalue weighted by Gasteiger charge is -2.27. The fourth-order valence-corrected chi connectivity index (χ4v) is 1.89.